The highest BCUT2D eigenvalue weighted by Crippen LogP contribution is 2.46. The molecule has 4 atom stereocenters. The molecule has 0 aromatic rings. The molecule has 0 unspecified atom stereocenters. The van der Waals surface area contributed by atoms with Gasteiger partial charge >= 0.3 is 0 Å². The highest BCUT2D eigenvalue weighted by atomic mass is 16.3. The van der Waals surface area contributed by atoms with E-state index in [-0.39, 0.29) is 5.92 Å². The van der Waals surface area contributed by atoms with E-state index in [4.69, 9.17) is 0 Å². The first-order valence-corrected chi connectivity index (χ1v) is 6.80. The van der Waals surface area contributed by atoms with Crippen LogP contribution in [0.1, 0.15) is 53.4 Å². The number of hydrogen-bond donors (Lipinski definition) is 1. The quantitative estimate of drug-likeness (QED) is 0.715. The zero-order valence-corrected chi connectivity index (χ0v) is 11.4. The van der Waals surface area contributed by atoms with Crippen molar-refractivity contribution in [2.45, 2.75) is 59.0 Å². The molecule has 0 heterocycles. The van der Waals surface area contributed by atoms with Crippen molar-refractivity contribution >= 4 is 0 Å². The molecule has 0 aliphatic heterocycles. The van der Waals surface area contributed by atoms with Crippen molar-refractivity contribution in [2.24, 2.45) is 23.7 Å². The van der Waals surface area contributed by atoms with Crippen molar-refractivity contribution in [3.05, 3.63) is 12.7 Å². The van der Waals surface area contributed by atoms with E-state index in [1.165, 1.54) is 12.8 Å². The van der Waals surface area contributed by atoms with Crippen molar-refractivity contribution in [2.75, 3.05) is 0 Å². The summed E-state index contributed by atoms with van der Waals surface area (Å²) in [5.41, 5.74) is -0.512. The summed E-state index contributed by atoms with van der Waals surface area (Å²) in [5, 5.41) is 11.1. The molecule has 1 aliphatic rings. The van der Waals surface area contributed by atoms with E-state index in [9.17, 15) is 5.11 Å². The van der Waals surface area contributed by atoms with E-state index < -0.39 is 5.60 Å². The van der Waals surface area contributed by atoms with E-state index in [1.807, 2.05) is 6.08 Å². The third kappa shape index (κ3) is 2.51. The van der Waals surface area contributed by atoms with Crippen LogP contribution in [-0.4, -0.2) is 10.7 Å². The van der Waals surface area contributed by atoms with Crippen LogP contribution in [0, 0.1) is 23.7 Å². The van der Waals surface area contributed by atoms with Crippen molar-refractivity contribution in [3.63, 3.8) is 0 Å². The SMILES string of the molecule is C=C[C@H](CC)[C@]1(O)C[C@H](C)CC[C@H]1C(C)C. The van der Waals surface area contributed by atoms with Crippen LogP contribution in [0.2, 0.25) is 0 Å². The van der Waals surface area contributed by atoms with Gasteiger partial charge in [-0.15, -0.1) is 6.58 Å². The topological polar surface area (TPSA) is 20.2 Å². The molecule has 1 fully saturated rings. The summed E-state index contributed by atoms with van der Waals surface area (Å²) in [5.74, 6) is 1.90. The van der Waals surface area contributed by atoms with Gasteiger partial charge in [0.15, 0.2) is 0 Å². The summed E-state index contributed by atoms with van der Waals surface area (Å²) in [4.78, 5) is 0. The summed E-state index contributed by atoms with van der Waals surface area (Å²) >= 11 is 0. The maximum Gasteiger partial charge on any atom is 0.0742 e. The van der Waals surface area contributed by atoms with Gasteiger partial charge in [0.2, 0.25) is 0 Å². The third-order valence-corrected chi connectivity index (χ3v) is 4.46. The second kappa shape index (κ2) is 5.35. The first-order valence-electron chi connectivity index (χ1n) is 6.80. The van der Waals surface area contributed by atoms with Crippen LogP contribution in [-0.2, 0) is 0 Å². The largest absolute Gasteiger partial charge is 0.389 e. The molecule has 0 aromatic heterocycles. The Morgan fingerprint density at radius 1 is 1.44 bits per heavy atom. The first kappa shape index (κ1) is 13.8. The van der Waals surface area contributed by atoms with E-state index in [0.29, 0.717) is 17.8 Å². The Bertz CT molecular complexity index is 234. The Morgan fingerprint density at radius 2 is 2.06 bits per heavy atom. The van der Waals surface area contributed by atoms with Gasteiger partial charge in [-0.1, -0.05) is 40.2 Å². The van der Waals surface area contributed by atoms with Gasteiger partial charge in [-0.05, 0) is 37.0 Å². The second-order valence-corrected chi connectivity index (χ2v) is 5.98. The zero-order valence-electron chi connectivity index (χ0n) is 11.4. The predicted octanol–water partition coefficient (Wildman–Crippen LogP) is 4.02. The third-order valence-electron chi connectivity index (χ3n) is 4.46. The highest BCUT2D eigenvalue weighted by molar-refractivity contribution is 5.02. The second-order valence-electron chi connectivity index (χ2n) is 5.98. The normalized spacial score (nSPS) is 37.4. The maximum atomic E-state index is 11.1. The number of hydrogen-bond acceptors (Lipinski definition) is 1. The van der Waals surface area contributed by atoms with E-state index in [1.54, 1.807) is 0 Å². The van der Waals surface area contributed by atoms with Gasteiger partial charge < -0.3 is 5.11 Å². The van der Waals surface area contributed by atoms with Crippen molar-refractivity contribution in [1.29, 1.82) is 0 Å². The minimum Gasteiger partial charge on any atom is -0.389 e. The van der Waals surface area contributed by atoms with Gasteiger partial charge in [-0.2, -0.15) is 0 Å². The first-order chi connectivity index (χ1) is 7.45. The van der Waals surface area contributed by atoms with E-state index in [0.717, 1.165) is 12.8 Å². The Balaban J connectivity index is 2.95. The number of aliphatic hydroxyl groups is 1. The lowest BCUT2D eigenvalue weighted by Gasteiger charge is -2.48. The van der Waals surface area contributed by atoms with Crippen LogP contribution in [0.15, 0.2) is 12.7 Å². The Hall–Kier alpha value is -0.300. The molecular formula is C15H28O. The highest BCUT2D eigenvalue weighted by Gasteiger charge is 2.46. The predicted molar refractivity (Wildman–Crippen MR) is 70.3 cm³/mol. The summed E-state index contributed by atoms with van der Waals surface area (Å²) in [6.07, 6.45) is 6.34. The summed E-state index contributed by atoms with van der Waals surface area (Å²) < 4.78 is 0. The maximum absolute atomic E-state index is 11.1. The summed E-state index contributed by atoms with van der Waals surface area (Å²) in [6.45, 7) is 12.8. The number of rotatable bonds is 4. The molecule has 0 spiro atoms. The van der Waals surface area contributed by atoms with E-state index in [2.05, 4.69) is 34.3 Å². The standard InChI is InChI=1S/C15H28O/c1-6-13(7-2)15(16)10-12(5)8-9-14(15)11(3)4/h6,11-14,16H,1,7-10H2,2-5H3/t12-,13-,14+,15-/m1/s1. The lowest BCUT2D eigenvalue weighted by atomic mass is 9.61. The molecule has 16 heavy (non-hydrogen) atoms. The van der Waals surface area contributed by atoms with Crippen LogP contribution in [0.5, 0.6) is 0 Å². The van der Waals surface area contributed by atoms with Crippen LogP contribution in [0.3, 0.4) is 0 Å². The van der Waals surface area contributed by atoms with Gasteiger partial charge in [0.25, 0.3) is 0 Å². The van der Waals surface area contributed by atoms with Crippen LogP contribution >= 0.6 is 0 Å². The molecule has 94 valence electrons. The molecule has 0 saturated heterocycles. The average molecular weight is 224 g/mol. The van der Waals surface area contributed by atoms with Gasteiger partial charge in [0.1, 0.15) is 0 Å². The van der Waals surface area contributed by atoms with Crippen LogP contribution in [0.4, 0.5) is 0 Å². The summed E-state index contributed by atoms with van der Waals surface area (Å²) in [6, 6.07) is 0. The minimum atomic E-state index is -0.512. The van der Waals surface area contributed by atoms with Crippen LogP contribution < -0.4 is 0 Å². The Morgan fingerprint density at radius 3 is 2.50 bits per heavy atom. The van der Waals surface area contributed by atoms with E-state index >= 15 is 0 Å². The average Bonchev–Trinajstić information content (AvgIpc) is 2.18. The van der Waals surface area contributed by atoms with Crippen LogP contribution in [0.25, 0.3) is 0 Å². The van der Waals surface area contributed by atoms with Gasteiger partial charge in [0.05, 0.1) is 5.60 Å². The molecule has 1 heteroatoms. The molecule has 1 rings (SSSR count). The van der Waals surface area contributed by atoms with Gasteiger partial charge in [-0.25, -0.2) is 0 Å². The summed E-state index contributed by atoms with van der Waals surface area (Å²) in [7, 11) is 0. The molecule has 1 N–H and O–H groups in total. The fraction of sp³-hybridized carbons (Fsp3) is 0.867. The molecule has 0 radical (unpaired) electrons. The monoisotopic (exact) mass is 224 g/mol. The Labute approximate surface area is 101 Å². The fourth-order valence-electron chi connectivity index (χ4n) is 3.59. The fourth-order valence-corrected chi connectivity index (χ4v) is 3.59. The minimum absolute atomic E-state index is 0.252. The molecule has 1 saturated carbocycles. The molecule has 0 aromatic carbocycles. The molecule has 1 nitrogen and oxygen atoms in total. The van der Waals surface area contributed by atoms with Crippen molar-refractivity contribution in [3.8, 4) is 0 Å². The lowest BCUT2D eigenvalue weighted by Crippen LogP contribution is -2.50. The van der Waals surface area contributed by atoms with Gasteiger partial charge in [0, 0.05) is 5.92 Å². The van der Waals surface area contributed by atoms with Crippen molar-refractivity contribution < 1.29 is 5.11 Å². The smallest absolute Gasteiger partial charge is 0.0742 e. The Kier molecular flexibility index (Phi) is 4.61. The lowest BCUT2D eigenvalue weighted by molar-refractivity contribution is -0.110. The molecule has 0 bridgehead atoms. The van der Waals surface area contributed by atoms with Crippen molar-refractivity contribution in [1.82, 2.24) is 0 Å². The molecule has 1 aliphatic carbocycles. The molecular weight excluding hydrogens is 196 g/mol. The zero-order chi connectivity index (χ0) is 12.3. The molecule has 0 amide bonds. The van der Waals surface area contributed by atoms with Gasteiger partial charge in [-0.3, -0.25) is 0 Å².